The maximum Gasteiger partial charge on any atom is 0.0411 e. The van der Waals surface area contributed by atoms with Gasteiger partial charge in [-0.15, -0.1) is 0 Å². The van der Waals surface area contributed by atoms with Gasteiger partial charge in [0, 0.05) is 29.0 Å². The summed E-state index contributed by atoms with van der Waals surface area (Å²) >= 11 is 5.16. The Balaban J connectivity index is 2.91. The van der Waals surface area contributed by atoms with Gasteiger partial charge in [-0.2, -0.15) is 0 Å². The number of pyridine rings is 1. The van der Waals surface area contributed by atoms with E-state index in [1.165, 1.54) is 11.4 Å². The maximum absolute atomic E-state index is 5.16. The van der Waals surface area contributed by atoms with E-state index in [1.807, 2.05) is 0 Å². The lowest BCUT2D eigenvalue weighted by atomic mass is 10.3. The molecule has 1 aromatic heterocycles. The molecule has 1 rings (SSSR count). The number of likely N-dealkylation sites (N-methyl/N-ethyl adjacent to an activating group) is 1. The van der Waals surface area contributed by atoms with Gasteiger partial charge in [-0.1, -0.05) is 12.2 Å². The zero-order chi connectivity index (χ0) is 10.7. The van der Waals surface area contributed by atoms with E-state index in [2.05, 4.69) is 49.5 Å². The van der Waals surface area contributed by atoms with Crippen LogP contribution in [-0.4, -0.2) is 30.1 Å². The summed E-state index contributed by atoms with van der Waals surface area (Å²) in [7, 11) is 4.18. The molecule has 14 heavy (non-hydrogen) atoms. The van der Waals surface area contributed by atoms with E-state index in [1.54, 1.807) is 0 Å². The standard InChI is InChI=1S/C11H18N2S/c1-9-7-11(14)8-10(2)13(9)6-5-12(3)4/h7-8H,5-6H2,1-4H3. The van der Waals surface area contributed by atoms with Crippen LogP contribution >= 0.6 is 12.2 Å². The zero-order valence-electron chi connectivity index (χ0n) is 9.37. The fraction of sp³-hybridized carbons (Fsp3) is 0.545. The van der Waals surface area contributed by atoms with Gasteiger partial charge in [-0.3, -0.25) is 0 Å². The predicted octanol–water partition coefficient (Wildman–Crippen LogP) is 2.40. The van der Waals surface area contributed by atoms with Crippen molar-refractivity contribution >= 4 is 12.2 Å². The van der Waals surface area contributed by atoms with Crippen molar-refractivity contribution < 1.29 is 0 Å². The summed E-state index contributed by atoms with van der Waals surface area (Å²) < 4.78 is 3.23. The molecule has 3 heteroatoms. The number of aromatic nitrogens is 1. The Bertz CT molecular complexity index is 340. The Morgan fingerprint density at radius 3 is 2.14 bits per heavy atom. The van der Waals surface area contributed by atoms with Crippen molar-refractivity contribution in [1.82, 2.24) is 9.47 Å². The fourth-order valence-electron chi connectivity index (χ4n) is 1.54. The van der Waals surface area contributed by atoms with Crippen LogP contribution in [0.15, 0.2) is 12.1 Å². The normalized spacial score (nSPS) is 10.9. The van der Waals surface area contributed by atoms with Crippen molar-refractivity contribution in [2.24, 2.45) is 0 Å². The Labute approximate surface area is 91.2 Å². The number of hydrogen-bond acceptors (Lipinski definition) is 2. The number of nitrogens with zero attached hydrogens (tertiary/aromatic N) is 2. The minimum Gasteiger partial charge on any atom is -0.348 e. The number of hydrogen-bond donors (Lipinski definition) is 0. The van der Waals surface area contributed by atoms with E-state index < -0.39 is 0 Å². The minimum atomic E-state index is 0.932. The molecule has 0 saturated heterocycles. The molecule has 0 bridgehead atoms. The Morgan fingerprint density at radius 2 is 1.71 bits per heavy atom. The lowest BCUT2D eigenvalue weighted by Crippen LogP contribution is -2.20. The molecular weight excluding hydrogens is 192 g/mol. The summed E-state index contributed by atoms with van der Waals surface area (Å²) in [5.41, 5.74) is 2.49. The van der Waals surface area contributed by atoms with Crippen molar-refractivity contribution in [3.8, 4) is 0 Å². The second-order valence-electron chi connectivity index (χ2n) is 3.93. The molecule has 2 nitrogen and oxygen atoms in total. The van der Waals surface area contributed by atoms with Gasteiger partial charge in [-0.05, 0) is 40.1 Å². The van der Waals surface area contributed by atoms with E-state index in [0.29, 0.717) is 0 Å². The van der Waals surface area contributed by atoms with Crippen LogP contribution in [0.5, 0.6) is 0 Å². The van der Waals surface area contributed by atoms with Gasteiger partial charge in [0.15, 0.2) is 0 Å². The Kier molecular flexibility index (Phi) is 3.84. The molecule has 0 N–H and O–H groups in total. The summed E-state index contributed by atoms with van der Waals surface area (Å²) in [4.78, 5) is 2.19. The van der Waals surface area contributed by atoms with Crippen molar-refractivity contribution in [2.75, 3.05) is 20.6 Å². The topological polar surface area (TPSA) is 8.17 Å². The summed E-state index contributed by atoms with van der Waals surface area (Å²) in [6.45, 7) is 6.31. The first-order valence-electron chi connectivity index (χ1n) is 4.83. The van der Waals surface area contributed by atoms with Gasteiger partial charge >= 0.3 is 0 Å². The summed E-state index contributed by atoms with van der Waals surface area (Å²) in [6, 6.07) is 4.11. The molecule has 0 aliphatic rings. The average Bonchev–Trinajstić information content (AvgIpc) is 2.01. The fourth-order valence-corrected chi connectivity index (χ4v) is 1.88. The third kappa shape index (κ3) is 2.93. The van der Waals surface area contributed by atoms with Gasteiger partial charge in [0.2, 0.25) is 0 Å². The SMILES string of the molecule is Cc1cc(=S)cc(C)n1CCN(C)C. The van der Waals surface area contributed by atoms with E-state index >= 15 is 0 Å². The molecule has 78 valence electrons. The molecule has 1 aromatic rings. The van der Waals surface area contributed by atoms with Crippen molar-refractivity contribution in [3.05, 3.63) is 28.0 Å². The van der Waals surface area contributed by atoms with Crippen LogP contribution in [0.1, 0.15) is 11.4 Å². The van der Waals surface area contributed by atoms with E-state index in [0.717, 1.165) is 17.6 Å². The number of rotatable bonds is 3. The molecular formula is C11H18N2S. The van der Waals surface area contributed by atoms with Gasteiger partial charge in [0.25, 0.3) is 0 Å². The van der Waals surface area contributed by atoms with Crippen molar-refractivity contribution in [1.29, 1.82) is 0 Å². The van der Waals surface area contributed by atoms with Crippen LogP contribution in [0.2, 0.25) is 0 Å². The summed E-state index contributed by atoms with van der Waals surface area (Å²) in [5, 5.41) is 0. The molecule has 0 radical (unpaired) electrons. The van der Waals surface area contributed by atoms with Crippen LogP contribution in [0.3, 0.4) is 0 Å². The molecule has 0 aliphatic heterocycles. The molecule has 0 amide bonds. The van der Waals surface area contributed by atoms with Crippen LogP contribution < -0.4 is 0 Å². The van der Waals surface area contributed by atoms with Gasteiger partial charge in [-0.25, -0.2) is 0 Å². The molecule has 0 spiro atoms. The first-order chi connectivity index (χ1) is 6.50. The highest BCUT2D eigenvalue weighted by atomic mass is 32.1. The van der Waals surface area contributed by atoms with Crippen molar-refractivity contribution in [3.63, 3.8) is 0 Å². The van der Waals surface area contributed by atoms with E-state index in [4.69, 9.17) is 12.2 Å². The van der Waals surface area contributed by atoms with Crippen LogP contribution in [0.25, 0.3) is 0 Å². The predicted molar refractivity (Wildman–Crippen MR) is 63.3 cm³/mol. The number of aryl methyl sites for hydroxylation is 2. The maximum atomic E-state index is 5.16. The second-order valence-corrected chi connectivity index (χ2v) is 4.40. The molecule has 1 heterocycles. The van der Waals surface area contributed by atoms with Gasteiger partial charge in [0.05, 0.1) is 0 Å². The van der Waals surface area contributed by atoms with Crippen molar-refractivity contribution in [2.45, 2.75) is 20.4 Å². The van der Waals surface area contributed by atoms with E-state index in [-0.39, 0.29) is 0 Å². The quantitative estimate of drug-likeness (QED) is 0.708. The first-order valence-corrected chi connectivity index (χ1v) is 5.24. The van der Waals surface area contributed by atoms with Gasteiger partial charge in [0.1, 0.15) is 0 Å². The van der Waals surface area contributed by atoms with Crippen LogP contribution in [0, 0.1) is 18.4 Å². The largest absolute Gasteiger partial charge is 0.348 e. The molecule has 0 aliphatic carbocycles. The Morgan fingerprint density at radius 1 is 1.21 bits per heavy atom. The first kappa shape index (κ1) is 11.4. The third-order valence-corrected chi connectivity index (χ3v) is 2.56. The molecule has 0 unspecified atom stereocenters. The highest BCUT2D eigenvalue weighted by molar-refractivity contribution is 7.71. The molecule has 0 saturated carbocycles. The monoisotopic (exact) mass is 210 g/mol. The third-order valence-electron chi connectivity index (χ3n) is 2.32. The Hall–Kier alpha value is -0.670. The summed E-state index contributed by atoms with van der Waals surface area (Å²) in [5.74, 6) is 0. The highest BCUT2D eigenvalue weighted by Gasteiger charge is 1.99. The minimum absolute atomic E-state index is 0.932. The lowest BCUT2D eigenvalue weighted by Gasteiger charge is -2.17. The highest BCUT2D eigenvalue weighted by Crippen LogP contribution is 2.06. The zero-order valence-corrected chi connectivity index (χ0v) is 10.2. The molecule has 0 fully saturated rings. The molecule has 0 atom stereocenters. The summed E-state index contributed by atoms with van der Waals surface area (Å²) in [6.07, 6.45) is 0. The van der Waals surface area contributed by atoms with Gasteiger partial charge < -0.3 is 9.47 Å². The molecule has 0 aromatic carbocycles. The smallest absolute Gasteiger partial charge is 0.0411 e. The van der Waals surface area contributed by atoms with Crippen LogP contribution in [0.4, 0.5) is 0 Å². The van der Waals surface area contributed by atoms with E-state index in [9.17, 15) is 0 Å². The second kappa shape index (κ2) is 4.71. The average molecular weight is 210 g/mol. The van der Waals surface area contributed by atoms with Crippen LogP contribution in [-0.2, 0) is 6.54 Å². The lowest BCUT2D eigenvalue weighted by molar-refractivity contribution is 0.379.